The lowest BCUT2D eigenvalue weighted by Crippen LogP contribution is -2.31. The van der Waals surface area contributed by atoms with Gasteiger partial charge in [0.25, 0.3) is 0 Å². The van der Waals surface area contributed by atoms with E-state index in [1.54, 1.807) is 0 Å². The molecule has 78 valence electrons. The molecule has 0 bridgehead atoms. The van der Waals surface area contributed by atoms with Crippen LogP contribution in [0, 0.1) is 0 Å². The number of hydrogen-bond acceptors (Lipinski definition) is 2. The molecule has 0 aromatic carbocycles. The zero-order valence-electron chi connectivity index (χ0n) is 9.31. The van der Waals surface area contributed by atoms with Crippen molar-refractivity contribution in [1.29, 1.82) is 0 Å². The maximum Gasteiger partial charge on any atom is 0.406 e. The Kier molecular flexibility index (Phi) is 5.06. The van der Waals surface area contributed by atoms with Gasteiger partial charge in [-0.15, -0.1) is 0 Å². The molecule has 0 spiro atoms. The first-order valence-corrected chi connectivity index (χ1v) is 8.27. The van der Waals surface area contributed by atoms with Crippen molar-refractivity contribution < 1.29 is 9.53 Å². The topological polar surface area (TPSA) is 38.3 Å². The summed E-state index contributed by atoms with van der Waals surface area (Å²) in [6, 6.07) is 0. The molecule has 0 aromatic heterocycles. The Balaban J connectivity index is 3.60. The van der Waals surface area contributed by atoms with E-state index in [0.29, 0.717) is 0 Å². The van der Waals surface area contributed by atoms with Crippen LogP contribution in [0.3, 0.4) is 0 Å². The molecule has 0 aliphatic rings. The van der Waals surface area contributed by atoms with Gasteiger partial charge in [-0.2, -0.15) is 0 Å². The lowest BCUT2D eigenvalue weighted by atomic mass is 10.3. The van der Waals surface area contributed by atoms with Crippen molar-refractivity contribution in [2.45, 2.75) is 38.5 Å². The monoisotopic (exact) mass is 203 g/mol. The second-order valence-electron chi connectivity index (χ2n) is 4.47. The fourth-order valence-corrected chi connectivity index (χ4v) is 1.91. The van der Waals surface area contributed by atoms with Gasteiger partial charge < -0.3 is 10.1 Å². The smallest absolute Gasteiger partial charge is 0.406 e. The Morgan fingerprint density at radius 1 is 1.46 bits per heavy atom. The number of methoxy groups -OCH3 is 1. The van der Waals surface area contributed by atoms with E-state index in [2.05, 4.69) is 36.6 Å². The second kappa shape index (κ2) is 5.27. The lowest BCUT2D eigenvalue weighted by molar-refractivity contribution is 0.171. The van der Waals surface area contributed by atoms with Crippen molar-refractivity contribution in [1.82, 2.24) is 5.32 Å². The second-order valence-corrected chi connectivity index (χ2v) is 10.2. The highest BCUT2D eigenvalue weighted by molar-refractivity contribution is 6.77. The van der Waals surface area contributed by atoms with E-state index in [1.807, 2.05) is 0 Å². The molecule has 0 aliphatic carbocycles. The van der Waals surface area contributed by atoms with Gasteiger partial charge in [0.05, 0.1) is 7.11 Å². The molecule has 4 heteroatoms. The summed E-state index contributed by atoms with van der Waals surface area (Å²) in [6.07, 6.45) is 0.716. The van der Waals surface area contributed by atoms with Gasteiger partial charge in [0.2, 0.25) is 0 Å². The number of alkyl carbamates (subject to hydrolysis) is 1. The van der Waals surface area contributed by atoms with Crippen LogP contribution in [0.1, 0.15) is 13.3 Å². The summed E-state index contributed by atoms with van der Waals surface area (Å²) < 4.78 is 4.48. The minimum absolute atomic E-state index is 0.331. The summed E-state index contributed by atoms with van der Waals surface area (Å²) in [5, 5.41) is 2.70. The van der Waals surface area contributed by atoms with Gasteiger partial charge in [0.15, 0.2) is 0 Å². The van der Waals surface area contributed by atoms with Gasteiger partial charge in [-0.3, -0.25) is 0 Å². The van der Waals surface area contributed by atoms with Crippen LogP contribution < -0.4 is 5.32 Å². The van der Waals surface area contributed by atoms with Crippen LogP contribution in [0.4, 0.5) is 4.79 Å². The van der Waals surface area contributed by atoms with E-state index < -0.39 is 8.07 Å². The minimum Gasteiger partial charge on any atom is -0.453 e. The predicted molar refractivity (Wildman–Crippen MR) is 57.8 cm³/mol. The summed E-state index contributed by atoms with van der Waals surface area (Å²) in [6.45, 7) is 10.0. The average molecular weight is 203 g/mol. The molecule has 0 aromatic rings. The first kappa shape index (κ1) is 12.5. The van der Waals surface area contributed by atoms with Gasteiger partial charge in [-0.25, -0.2) is 4.79 Å². The molecule has 0 saturated heterocycles. The maximum absolute atomic E-state index is 10.7. The molecule has 0 rings (SSSR count). The number of rotatable bonds is 4. The summed E-state index contributed by atoms with van der Waals surface area (Å²) in [7, 11) is 0.351. The SMILES string of the molecule is COC(=O)NCCC(C)[Si](C)(C)C. The van der Waals surface area contributed by atoms with Crippen LogP contribution in [0.2, 0.25) is 25.2 Å². The highest BCUT2D eigenvalue weighted by atomic mass is 28.3. The van der Waals surface area contributed by atoms with E-state index in [0.717, 1.165) is 18.5 Å². The van der Waals surface area contributed by atoms with Crippen LogP contribution in [0.5, 0.6) is 0 Å². The lowest BCUT2D eigenvalue weighted by Gasteiger charge is -2.24. The molecular weight excluding hydrogens is 182 g/mol. The number of carbonyl (C=O) groups is 1. The molecule has 0 saturated carbocycles. The Bertz CT molecular complexity index is 165. The van der Waals surface area contributed by atoms with E-state index in [1.165, 1.54) is 7.11 Å². The van der Waals surface area contributed by atoms with Crippen LogP contribution in [-0.4, -0.2) is 27.8 Å². The van der Waals surface area contributed by atoms with E-state index in [9.17, 15) is 4.79 Å². The molecule has 1 N–H and O–H groups in total. The molecular formula is C9H21NO2Si. The normalized spacial score (nSPS) is 13.6. The van der Waals surface area contributed by atoms with E-state index >= 15 is 0 Å². The van der Waals surface area contributed by atoms with Crippen molar-refractivity contribution in [2.24, 2.45) is 0 Å². The summed E-state index contributed by atoms with van der Waals surface area (Å²) in [5.41, 5.74) is 0.727. The number of nitrogens with one attached hydrogen (secondary N) is 1. The van der Waals surface area contributed by atoms with Gasteiger partial charge in [0.1, 0.15) is 0 Å². The number of hydrogen-bond donors (Lipinski definition) is 1. The Morgan fingerprint density at radius 3 is 2.38 bits per heavy atom. The van der Waals surface area contributed by atoms with Crippen molar-refractivity contribution >= 4 is 14.2 Å². The number of ether oxygens (including phenoxy) is 1. The summed E-state index contributed by atoms with van der Waals surface area (Å²) in [4.78, 5) is 10.7. The first-order chi connectivity index (χ1) is 5.88. The van der Waals surface area contributed by atoms with Gasteiger partial charge in [0, 0.05) is 14.6 Å². The van der Waals surface area contributed by atoms with Crippen LogP contribution >= 0.6 is 0 Å². The maximum atomic E-state index is 10.7. The zero-order chi connectivity index (χ0) is 10.5. The minimum atomic E-state index is -1.03. The third-order valence-electron chi connectivity index (χ3n) is 2.51. The van der Waals surface area contributed by atoms with E-state index in [-0.39, 0.29) is 6.09 Å². The van der Waals surface area contributed by atoms with Crippen molar-refractivity contribution in [3.8, 4) is 0 Å². The van der Waals surface area contributed by atoms with Crippen LogP contribution in [-0.2, 0) is 4.74 Å². The molecule has 0 heterocycles. The third kappa shape index (κ3) is 5.68. The van der Waals surface area contributed by atoms with Gasteiger partial charge in [-0.05, 0) is 12.0 Å². The Morgan fingerprint density at radius 2 is 2.00 bits per heavy atom. The summed E-state index contributed by atoms with van der Waals surface area (Å²) in [5.74, 6) is 0. The zero-order valence-corrected chi connectivity index (χ0v) is 10.3. The van der Waals surface area contributed by atoms with Gasteiger partial charge in [-0.1, -0.05) is 26.6 Å². The number of amides is 1. The average Bonchev–Trinajstić information content (AvgIpc) is 2.02. The largest absolute Gasteiger partial charge is 0.453 e. The van der Waals surface area contributed by atoms with Gasteiger partial charge >= 0.3 is 6.09 Å². The van der Waals surface area contributed by atoms with Crippen molar-refractivity contribution in [2.75, 3.05) is 13.7 Å². The van der Waals surface area contributed by atoms with E-state index in [4.69, 9.17) is 0 Å². The summed E-state index contributed by atoms with van der Waals surface area (Å²) >= 11 is 0. The molecule has 0 radical (unpaired) electrons. The third-order valence-corrected chi connectivity index (χ3v) is 5.76. The Hall–Kier alpha value is -0.513. The predicted octanol–water partition coefficient (Wildman–Crippen LogP) is 2.46. The molecule has 1 atom stereocenters. The molecule has 3 nitrogen and oxygen atoms in total. The molecule has 1 unspecified atom stereocenters. The standard InChI is InChI=1S/C9H21NO2Si/c1-8(13(3,4)5)6-7-10-9(11)12-2/h8H,6-7H2,1-5H3,(H,10,11). The van der Waals surface area contributed by atoms with Crippen LogP contribution in [0.25, 0.3) is 0 Å². The van der Waals surface area contributed by atoms with Crippen molar-refractivity contribution in [3.63, 3.8) is 0 Å². The quantitative estimate of drug-likeness (QED) is 0.713. The first-order valence-electron chi connectivity index (χ1n) is 4.69. The highest BCUT2D eigenvalue weighted by Crippen LogP contribution is 2.23. The fraction of sp³-hybridized carbons (Fsp3) is 0.889. The molecule has 0 fully saturated rings. The molecule has 1 amide bonds. The Labute approximate surface area is 81.9 Å². The fourth-order valence-electron chi connectivity index (χ4n) is 0.896. The number of carbonyl (C=O) groups excluding carboxylic acids is 1. The van der Waals surface area contributed by atoms with Crippen molar-refractivity contribution in [3.05, 3.63) is 0 Å². The van der Waals surface area contributed by atoms with Crippen LogP contribution in [0.15, 0.2) is 0 Å². The molecule has 13 heavy (non-hydrogen) atoms. The molecule has 0 aliphatic heterocycles. The highest BCUT2D eigenvalue weighted by Gasteiger charge is 2.21.